The predicted octanol–water partition coefficient (Wildman–Crippen LogP) is 3.64. The molecule has 2 aromatic rings. The number of rotatable bonds is 2. The van der Waals surface area contributed by atoms with Crippen molar-refractivity contribution in [3.63, 3.8) is 0 Å². The van der Waals surface area contributed by atoms with Gasteiger partial charge in [0.15, 0.2) is 0 Å². The second kappa shape index (κ2) is 6.64. The van der Waals surface area contributed by atoms with Gasteiger partial charge in [-0.1, -0.05) is 0 Å². The van der Waals surface area contributed by atoms with E-state index in [4.69, 9.17) is 15.6 Å². The van der Waals surface area contributed by atoms with Gasteiger partial charge in [0.05, 0.1) is 17.2 Å². The molecule has 1 amide bonds. The van der Waals surface area contributed by atoms with Gasteiger partial charge in [0.25, 0.3) is 0 Å². The van der Waals surface area contributed by atoms with E-state index < -0.39 is 23.9 Å². The maximum absolute atomic E-state index is 12.9. The van der Waals surface area contributed by atoms with Crippen molar-refractivity contribution in [1.29, 1.82) is 5.26 Å². The van der Waals surface area contributed by atoms with Crippen LogP contribution in [0.25, 0.3) is 0 Å². The van der Waals surface area contributed by atoms with Crippen molar-refractivity contribution in [2.24, 2.45) is 10.7 Å². The molecule has 0 aromatic heterocycles. The molecule has 0 saturated heterocycles. The van der Waals surface area contributed by atoms with Gasteiger partial charge in [-0.25, -0.2) is 4.79 Å². The molecule has 138 valence electrons. The first-order valence-corrected chi connectivity index (χ1v) is 7.66. The van der Waals surface area contributed by atoms with Crippen LogP contribution in [0.2, 0.25) is 0 Å². The molecule has 1 heterocycles. The Kier molecular flexibility index (Phi) is 4.49. The number of nitrogens with zero attached hydrogens (tertiary/aromatic N) is 2. The lowest BCUT2D eigenvalue weighted by Crippen LogP contribution is -2.16. The minimum atomic E-state index is -4.46. The fraction of sp³-hybridized carbons (Fsp3) is 0.167. The number of nitriles is 1. The molecule has 1 aliphatic rings. The van der Waals surface area contributed by atoms with Crippen LogP contribution in [-0.2, 0) is 12.6 Å². The van der Waals surface area contributed by atoms with Gasteiger partial charge in [0, 0.05) is 12.0 Å². The van der Waals surface area contributed by atoms with Crippen LogP contribution >= 0.6 is 0 Å². The molecule has 6 nitrogen and oxygen atoms in total. The Balaban J connectivity index is 1.95. The van der Waals surface area contributed by atoms with Crippen molar-refractivity contribution in [2.45, 2.75) is 18.7 Å². The van der Waals surface area contributed by atoms with Crippen molar-refractivity contribution < 1.29 is 27.8 Å². The molecule has 0 saturated carbocycles. The molecule has 9 heteroatoms. The summed E-state index contributed by atoms with van der Waals surface area (Å²) in [6.07, 6.45) is -6.40. The summed E-state index contributed by atoms with van der Waals surface area (Å²) in [4.78, 5) is 13.9. The fourth-order valence-electron chi connectivity index (χ4n) is 2.83. The van der Waals surface area contributed by atoms with Gasteiger partial charge in [-0.15, -0.1) is 0 Å². The first-order chi connectivity index (χ1) is 12.7. The van der Waals surface area contributed by atoms with Crippen LogP contribution in [0.5, 0.6) is 5.75 Å². The standard InChI is InChI=1S/C18H12F3N3O3/c19-18(20,21)13-1-2-14-11(6-13)7-15(27-14)10-3-9(8-22)4-12(5-10)16(23)24-17(25)26/h1-6,15H,7H2,(H2,23,24)(H,25,26). The highest BCUT2D eigenvalue weighted by Gasteiger charge is 2.33. The second-order valence-corrected chi connectivity index (χ2v) is 5.87. The van der Waals surface area contributed by atoms with Crippen molar-refractivity contribution >= 4 is 11.9 Å². The van der Waals surface area contributed by atoms with Crippen molar-refractivity contribution in [2.75, 3.05) is 0 Å². The third-order valence-corrected chi connectivity index (χ3v) is 4.03. The summed E-state index contributed by atoms with van der Waals surface area (Å²) < 4.78 is 44.3. The summed E-state index contributed by atoms with van der Waals surface area (Å²) in [6.45, 7) is 0. The zero-order valence-corrected chi connectivity index (χ0v) is 13.6. The van der Waals surface area contributed by atoms with E-state index in [0.29, 0.717) is 16.9 Å². The van der Waals surface area contributed by atoms with Crippen LogP contribution in [0.3, 0.4) is 0 Å². The molecule has 3 rings (SSSR count). The highest BCUT2D eigenvalue weighted by Crippen LogP contribution is 2.40. The molecule has 0 radical (unpaired) electrons. The molecule has 0 spiro atoms. The molecule has 2 aromatic carbocycles. The Morgan fingerprint density at radius 3 is 2.67 bits per heavy atom. The van der Waals surface area contributed by atoms with Gasteiger partial charge in [0.1, 0.15) is 17.7 Å². The number of nitrogens with two attached hydrogens (primary N) is 1. The zero-order chi connectivity index (χ0) is 19.8. The van der Waals surface area contributed by atoms with Crippen molar-refractivity contribution in [3.8, 4) is 11.8 Å². The number of hydrogen-bond acceptors (Lipinski definition) is 3. The minimum absolute atomic E-state index is 0.170. The number of fused-ring (bicyclic) bond motifs is 1. The van der Waals surface area contributed by atoms with Gasteiger partial charge in [-0.2, -0.15) is 23.4 Å². The number of alkyl halides is 3. The fourth-order valence-corrected chi connectivity index (χ4v) is 2.83. The summed E-state index contributed by atoms with van der Waals surface area (Å²) in [7, 11) is 0. The molecule has 1 aliphatic heterocycles. The smallest absolute Gasteiger partial charge is 0.433 e. The summed E-state index contributed by atoms with van der Waals surface area (Å²) in [5.74, 6) is 0.0276. The predicted molar refractivity (Wildman–Crippen MR) is 88.4 cm³/mol. The highest BCUT2D eigenvalue weighted by atomic mass is 19.4. The van der Waals surface area contributed by atoms with Gasteiger partial charge in [0.2, 0.25) is 0 Å². The lowest BCUT2D eigenvalue weighted by Gasteiger charge is -2.13. The first-order valence-electron chi connectivity index (χ1n) is 7.66. The Morgan fingerprint density at radius 1 is 1.30 bits per heavy atom. The molecule has 1 atom stereocenters. The lowest BCUT2D eigenvalue weighted by molar-refractivity contribution is -0.137. The number of ether oxygens (including phenoxy) is 1. The molecule has 1 unspecified atom stereocenters. The van der Waals surface area contributed by atoms with E-state index in [2.05, 4.69) is 4.99 Å². The van der Waals surface area contributed by atoms with Crippen LogP contribution in [0.1, 0.15) is 33.9 Å². The van der Waals surface area contributed by atoms with E-state index in [1.165, 1.54) is 24.3 Å². The summed E-state index contributed by atoms with van der Waals surface area (Å²) in [5.41, 5.74) is 6.15. The van der Waals surface area contributed by atoms with Crippen molar-refractivity contribution in [3.05, 3.63) is 64.2 Å². The van der Waals surface area contributed by atoms with E-state index in [0.717, 1.165) is 12.1 Å². The van der Waals surface area contributed by atoms with Gasteiger partial charge in [-0.05, 0) is 47.5 Å². The van der Waals surface area contributed by atoms with Gasteiger partial charge >= 0.3 is 12.3 Å². The minimum Gasteiger partial charge on any atom is -0.485 e. The van der Waals surface area contributed by atoms with E-state index in [1.807, 2.05) is 6.07 Å². The monoisotopic (exact) mass is 375 g/mol. The maximum Gasteiger partial charge on any atom is 0.433 e. The molecule has 0 fully saturated rings. The number of aliphatic imine (C=N–C) groups is 1. The average Bonchev–Trinajstić information content (AvgIpc) is 3.03. The molecule has 0 aliphatic carbocycles. The highest BCUT2D eigenvalue weighted by molar-refractivity contribution is 6.02. The number of amides is 1. The zero-order valence-electron chi connectivity index (χ0n) is 13.6. The number of carbonyl (C=O) groups is 1. The van der Waals surface area contributed by atoms with E-state index >= 15 is 0 Å². The Morgan fingerprint density at radius 2 is 2.04 bits per heavy atom. The summed E-state index contributed by atoms with van der Waals surface area (Å²) in [6, 6.07) is 9.54. The summed E-state index contributed by atoms with van der Waals surface area (Å²) in [5, 5.41) is 17.9. The maximum atomic E-state index is 12.9. The van der Waals surface area contributed by atoms with E-state index in [1.54, 1.807) is 0 Å². The third kappa shape index (κ3) is 3.84. The Labute approximate surface area is 151 Å². The van der Waals surface area contributed by atoms with Crippen molar-refractivity contribution in [1.82, 2.24) is 0 Å². The second-order valence-electron chi connectivity index (χ2n) is 5.87. The largest absolute Gasteiger partial charge is 0.485 e. The normalized spacial score (nSPS) is 16.4. The van der Waals surface area contributed by atoms with Crippen LogP contribution in [0, 0.1) is 11.3 Å². The SMILES string of the molecule is N#Cc1cc(/C(N)=N/C(=O)O)cc(C2Cc3cc(C(F)(F)F)ccc3O2)c1. The molecule has 0 bridgehead atoms. The quantitative estimate of drug-likeness (QED) is 0.615. The topological polar surface area (TPSA) is 109 Å². The number of amidine groups is 1. The van der Waals surface area contributed by atoms with Crippen LogP contribution in [-0.4, -0.2) is 17.0 Å². The first kappa shape index (κ1) is 18.3. The molecule has 27 heavy (non-hydrogen) atoms. The number of carboxylic acid groups (broad SMARTS) is 1. The Hall–Kier alpha value is -3.54. The van der Waals surface area contributed by atoms with Crippen LogP contribution < -0.4 is 10.5 Å². The van der Waals surface area contributed by atoms with E-state index in [-0.39, 0.29) is 23.4 Å². The van der Waals surface area contributed by atoms with E-state index in [9.17, 15) is 23.2 Å². The lowest BCUT2D eigenvalue weighted by atomic mass is 9.98. The summed E-state index contributed by atoms with van der Waals surface area (Å²) >= 11 is 0. The van der Waals surface area contributed by atoms with Gasteiger partial charge < -0.3 is 15.6 Å². The molecular weight excluding hydrogens is 363 g/mol. The molecular formula is C18H12F3N3O3. The number of benzene rings is 2. The van der Waals surface area contributed by atoms with Crippen LogP contribution in [0.15, 0.2) is 41.4 Å². The average molecular weight is 375 g/mol. The number of hydrogen-bond donors (Lipinski definition) is 2. The molecule has 3 N–H and O–H groups in total. The van der Waals surface area contributed by atoms with Gasteiger partial charge in [-0.3, -0.25) is 0 Å². The Bertz CT molecular complexity index is 994. The van der Waals surface area contributed by atoms with Crippen LogP contribution in [0.4, 0.5) is 18.0 Å². The number of halogens is 3. The third-order valence-electron chi connectivity index (χ3n) is 4.03.